The lowest BCUT2D eigenvalue weighted by molar-refractivity contribution is 0.0920. The van der Waals surface area contributed by atoms with Crippen LogP contribution in [0, 0.1) is 13.8 Å². The van der Waals surface area contributed by atoms with Crippen LogP contribution in [0.25, 0.3) is 16.9 Å². The lowest BCUT2D eigenvalue weighted by Crippen LogP contribution is -2.37. The number of nitrogens with zero attached hydrogens (tertiary/aromatic N) is 2. The molecule has 0 aliphatic heterocycles. The molecule has 3 aromatic rings. The topological polar surface area (TPSA) is 46.9 Å². The number of rotatable bonds is 4. The van der Waals surface area contributed by atoms with Gasteiger partial charge in [-0.3, -0.25) is 4.79 Å². The van der Waals surface area contributed by atoms with Gasteiger partial charge in [0, 0.05) is 11.6 Å². The molecule has 0 saturated heterocycles. The standard InChI is InChI=1S/C24H25Cl2N3O/c1-15-8-9-17(12-16(15)2)22-14-23(24(30)27-18-6-4-3-5-7-18)29(28-22)19-10-11-20(25)21(26)13-19/h8-14,18H,3-7H2,1-2H3,(H,27,30). The highest BCUT2D eigenvalue weighted by Crippen LogP contribution is 2.28. The first-order chi connectivity index (χ1) is 14.4. The van der Waals surface area contributed by atoms with E-state index in [2.05, 4.69) is 31.3 Å². The first kappa shape index (κ1) is 21.0. The number of halogens is 2. The number of carbonyl (C=O) groups is 1. The maximum Gasteiger partial charge on any atom is 0.270 e. The summed E-state index contributed by atoms with van der Waals surface area (Å²) in [6.07, 6.45) is 5.60. The van der Waals surface area contributed by atoms with Crippen molar-refractivity contribution in [1.29, 1.82) is 0 Å². The van der Waals surface area contributed by atoms with E-state index in [0.29, 0.717) is 21.4 Å². The van der Waals surface area contributed by atoms with Gasteiger partial charge in [-0.15, -0.1) is 0 Å². The van der Waals surface area contributed by atoms with Crippen molar-refractivity contribution in [3.63, 3.8) is 0 Å². The van der Waals surface area contributed by atoms with Crippen LogP contribution in [0.2, 0.25) is 10.0 Å². The molecule has 4 nitrogen and oxygen atoms in total. The number of benzene rings is 2. The third kappa shape index (κ3) is 4.40. The van der Waals surface area contributed by atoms with Crippen molar-refractivity contribution in [2.75, 3.05) is 0 Å². The molecule has 0 spiro atoms. The van der Waals surface area contributed by atoms with E-state index < -0.39 is 0 Å². The van der Waals surface area contributed by atoms with Crippen LogP contribution in [0.1, 0.15) is 53.7 Å². The van der Waals surface area contributed by atoms with Crippen molar-refractivity contribution in [2.45, 2.75) is 52.0 Å². The predicted octanol–water partition coefficient (Wildman–Crippen LogP) is 6.53. The van der Waals surface area contributed by atoms with Crippen molar-refractivity contribution in [3.8, 4) is 16.9 Å². The first-order valence-corrected chi connectivity index (χ1v) is 11.1. The van der Waals surface area contributed by atoms with E-state index in [1.54, 1.807) is 16.8 Å². The van der Waals surface area contributed by atoms with Crippen molar-refractivity contribution < 1.29 is 4.79 Å². The predicted molar refractivity (Wildman–Crippen MR) is 123 cm³/mol. The summed E-state index contributed by atoms with van der Waals surface area (Å²) in [5, 5.41) is 8.85. The Morgan fingerprint density at radius 3 is 2.43 bits per heavy atom. The highest BCUT2D eigenvalue weighted by Gasteiger charge is 2.22. The highest BCUT2D eigenvalue weighted by atomic mass is 35.5. The second kappa shape index (κ2) is 8.83. The summed E-state index contributed by atoms with van der Waals surface area (Å²) in [5.74, 6) is -0.115. The number of hydrogen-bond donors (Lipinski definition) is 1. The van der Waals surface area contributed by atoms with Crippen LogP contribution >= 0.6 is 23.2 Å². The van der Waals surface area contributed by atoms with Gasteiger partial charge in [-0.05, 0) is 68.1 Å². The second-order valence-electron chi connectivity index (χ2n) is 8.03. The van der Waals surface area contributed by atoms with E-state index in [0.717, 1.165) is 36.9 Å². The van der Waals surface area contributed by atoms with Gasteiger partial charge in [-0.2, -0.15) is 5.10 Å². The van der Waals surface area contributed by atoms with Crippen LogP contribution < -0.4 is 5.32 Å². The number of carbonyl (C=O) groups excluding carboxylic acids is 1. The zero-order valence-electron chi connectivity index (χ0n) is 17.2. The summed E-state index contributed by atoms with van der Waals surface area (Å²) in [7, 11) is 0. The van der Waals surface area contributed by atoms with Crippen molar-refractivity contribution >= 4 is 29.1 Å². The maximum absolute atomic E-state index is 13.2. The molecule has 1 aliphatic carbocycles. The molecule has 1 amide bonds. The summed E-state index contributed by atoms with van der Waals surface area (Å²) in [4.78, 5) is 13.2. The van der Waals surface area contributed by atoms with Gasteiger partial charge in [0.15, 0.2) is 0 Å². The van der Waals surface area contributed by atoms with E-state index in [1.807, 2.05) is 18.2 Å². The van der Waals surface area contributed by atoms with Gasteiger partial charge in [-0.25, -0.2) is 4.68 Å². The van der Waals surface area contributed by atoms with E-state index in [4.69, 9.17) is 28.3 Å². The van der Waals surface area contributed by atoms with Gasteiger partial charge in [0.2, 0.25) is 0 Å². The molecule has 0 unspecified atom stereocenters. The number of nitrogens with one attached hydrogen (secondary N) is 1. The minimum Gasteiger partial charge on any atom is -0.348 e. The normalized spacial score (nSPS) is 14.7. The zero-order chi connectivity index (χ0) is 21.3. The molecule has 1 saturated carbocycles. The van der Waals surface area contributed by atoms with Crippen LogP contribution in [0.5, 0.6) is 0 Å². The van der Waals surface area contributed by atoms with Gasteiger partial charge >= 0.3 is 0 Å². The monoisotopic (exact) mass is 441 g/mol. The Kier molecular flexibility index (Phi) is 6.16. The lowest BCUT2D eigenvalue weighted by Gasteiger charge is -2.22. The Balaban J connectivity index is 1.75. The average molecular weight is 442 g/mol. The third-order valence-corrected chi connectivity index (χ3v) is 6.57. The molecule has 30 heavy (non-hydrogen) atoms. The highest BCUT2D eigenvalue weighted by molar-refractivity contribution is 6.42. The molecule has 0 radical (unpaired) electrons. The second-order valence-corrected chi connectivity index (χ2v) is 8.85. The lowest BCUT2D eigenvalue weighted by atomic mass is 9.95. The molecule has 0 bridgehead atoms. The third-order valence-electron chi connectivity index (χ3n) is 5.83. The maximum atomic E-state index is 13.2. The first-order valence-electron chi connectivity index (χ1n) is 10.4. The fourth-order valence-corrected chi connectivity index (χ4v) is 4.20. The minimum absolute atomic E-state index is 0.115. The molecule has 1 aromatic heterocycles. The molecule has 4 rings (SSSR count). The Hall–Kier alpha value is -2.30. The summed E-state index contributed by atoms with van der Waals surface area (Å²) in [6.45, 7) is 4.15. The molecular formula is C24H25Cl2N3O. The summed E-state index contributed by atoms with van der Waals surface area (Å²) in [6, 6.07) is 13.6. The quantitative estimate of drug-likeness (QED) is 0.500. The fourth-order valence-electron chi connectivity index (χ4n) is 3.90. The van der Waals surface area contributed by atoms with E-state index in [9.17, 15) is 4.79 Å². The Labute approximate surface area is 187 Å². The van der Waals surface area contributed by atoms with Crippen LogP contribution in [0.3, 0.4) is 0 Å². The molecule has 0 atom stereocenters. The number of aromatic nitrogens is 2. The smallest absolute Gasteiger partial charge is 0.270 e. The molecule has 1 aliphatic rings. The van der Waals surface area contributed by atoms with Crippen LogP contribution in [0.4, 0.5) is 0 Å². The van der Waals surface area contributed by atoms with E-state index in [-0.39, 0.29) is 11.9 Å². The summed E-state index contributed by atoms with van der Waals surface area (Å²) in [5.41, 5.74) is 5.32. The van der Waals surface area contributed by atoms with Crippen molar-refractivity contribution in [2.24, 2.45) is 0 Å². The molecule has 1 heterocycles. The Morgan fingerprint density at radius 1 is 0.967 bits per heavy atom. The minimum atomic E-state index is -0.115. The largest absolute Gasteiger partial charge is 0.348 e. The molecule has 6 heteroatoms. The van der Waals surface area contributed by atoms with Gasteiger partial charge in [0.05, 0.1) is 21.4 Å². The molecule has 1 fully saturated rings. The average Bonchev–Trinajstić information content (AvgIpc) is 3.18. The SMILES string of the molecule is Cc1ccc(-c2cc(C(=O)NC3CCCCC3)n(-c3ccc(Cl)c(Cl)c3)n2)cc1C. The molecule has 1 N–H and O–H groups in total. The summed E-state index contributed by atoms with van der Waals surface area (Å²) < 4.78 is 1.66. The van der Waals surface area contributed by atoms with Gasteiger partial charge in [0.1, 0.15) is 5.69 Å². The number of hydrogen-bond acceptors (Lipinski definition) is 2. The fraction of sp³-hybridized carbons (Fsp3) is 0.333. The Morgan fingerprint density at radius 2 is 1.73 bits per heavy atom. The molecular weight excluding hydrogens is 417 g/mol. The van der Waals surface area contributed by atoms with Crippen LogP contribution in [-0.2, 0) is 0 Å². The van der Waals surface area contributed by atoms with Gasteiger partial charge in [0.25, 0.3) is 5.91 Å². The van der Waals surface area contributed by atoms with Crippen molar-refractivity contribution in [1.82, 2.24) is 15.1 Å². The van der Waals surface area contributed by atoms with E-state index >= 15 is 0 Å². The number of aryl methyl sites for hydroxylation is 2. The van der Waals surface area contributed by atoms with Crippen LogP contribution in [-0.4, -0.2) is 21.7 Å². The van der Waals surface area contributed by atoms with Gasteiger partial charge in [-0.1, -0.05) is 54.6 Å². The molecule has 156 valence electrons. The zero-order valence-corrected chi connectivity index (χ0v) is 18.7. The number of amides is 1. The summed E-state index contributed by atoms with van der Waals surface area (Å²) >= 11 is 12.3. The Bertz CT molecular complexity index is 1080. The van der Waals surface area contributed by atoms with Gasteiger partial charge < -0.3 is 5.32 Å². The molecule has 2 aromatic carbocycles. The van der Waals surface area contributed by atoms with Crippen molar-refractivity contribution in [3.05, 3.63) is 69.3 Å². The van der Waals surface area contributed by atoms with Crippen LogP contribution in [0.15, 0.2) is 42.5 Å². The van der Waals surface area contributed by atoms with E-state index in [1.165, 1.54) is 17.5 Å².